The van der Waals surface area contributed by atoms with Crippen LogP contribution >= 0.6 is 0 Å². The van der Waals surface area contributed by atoms with Gasteiger partial charge in [-0.3, -0.25) is 0 Å². The largest absolute Gasteiger partial charge is 0.413 e. The maximum atomic E-state index is 5.11. The van der Waals surface area contributed by atoms with Gasteiger partial charge in [0.2, 0.25) is 0 Å². The zero-order chi connectivity index (χ0) is 5.40. The molecule has 1 aliphatic heterocycles. The molecule has 0 fully saturated rings. The second-order valence-electron chi connectivity index (χ2n) is 2.30. The zero-order valence-corrected chi connectivity index (χ0v) is 4.74. The van der Waals surface area contributed by atoms with Crippen LogP contribution in [0.25, 0.3) is 0 Å². The number of hydrogen-bond donors (Lipinski definition) is 1. The molecule has 0 amide bonds. The summed E-state index contributed by atoms with van der Waals surface area (Å²) in [7, 11) is 0. The Bertz CT molecular complexity index is 111. The van der Waals surface area contributed by atoms with E-state index in [4.69, 9.17) is 4.84 Å². The Morgan fingerprint density at radius 2 is 2.38 bits per heavy atom. The first kappa shape index (κ1) is 4.39. The number of allylic oxidation sites excluding steroid dienone is 1. The summed E-state index contributed by atoms with van der Waals surface area (Å²) in [5.74, 6) is 1.21. The summed E-state index contributed by atoms with van der Waals surface area (Å²) in [6, 6.07) is 0. The van der Waals surface area contributed by atoms with Crippen molar-refractivity contribution in [2.45, 2.75) is 19.3 Å². The highest BCUT2D eigenvalue weighted by Crippen LogP contribution is 2.28. The second-order valence-corrected chi connectivity index (χ2v) is 2.30. The number of rotatable bonds is 0. The highest BCUT2D eigenvalue weighted by molar-refractivity contribution is 5.17. The molecule has 44 valence electrons. The first-order valence-electron chi connectivity index (χ1n) is 3.07. The summed E-state index contributed by atoms with van der Waals surface area (Å²) in [5.41, 5.74) is 4.34. The third-order valence-corrected chi connectivity index (χ3v) is 1.76. The maximum absolute atomic E-state index is 5.11. The second kappa shape index (κ2) is 1.49. The quantitative estimate of drug-likeness (QED) is 0.502. The highest BCUT2D eigenvalue weighted by atomic mass is 16.7. The Kier molecular flexibility index (Phi) is 0.815. The summed E-state index contributed by atoms with van der Waals surface area (Å²) < 4.78 is 0. The van der Waals surface area contributed by atoms with Crippen LogP contribution in [0.2, 0.25) is 0 Å². The molecular formula is C6H9NO. The van der Waals surface area contributed by atoms with Gasteiger partial charge in [0, 0.05) is 6.42 Å². The summed E-state index contributed by atoms with van der Waals surface area (Å²) in [5, 5.41) is 0. The van der Waals surface area contributed by atoms with Crippen molar-refractivity contribution >= 4 is 0 Å². The molecule has 0 saturated heterocycles. The third-order valence-electron chi connectivity index (χ3n) is 1.76. The Morgan fingerprint density at radius 1 is 1.38 bits per heavy atom. The monoisotopic (exact) mass is 111 g/mol. The predicted molar refractivity (Wildman–Crippen MR) is 30.0 cm³/mol. The van der Waals surface area contributed by atoms with Gasteiger partial charge in [0.25, 0.3) is 0 Å². The minimum atomic E-state index is 0.968. The van der Waals surface area contributed by atoms with Crippen molar-refractivity contribution in [1.29, 1.82) is 0 Å². The average Bonchev–Trinajstić information content (AvgIpc) is 2.15. The van der Waals surface area contributed by atoms with Gasteiger partial charge in [0.15, 0.2) is 0 Å². The molecule has 1 N–H and O–H groups in total. The minimum Gasteiger partial charge on any atom is -0.413 e. The number of nitrogens with one attached hydrogen (secondary N) is 1. The lowest BCUT2D eigenvalue weighted by atomic mass is 10.2. The van der Waals surface area contributed by atoms with Crippen LogP contribution in [0.1, 0.15) is 19.3 Å². The Hall–Kier alpha value is -0.500. The van der Waals surface area contributed by atoms with E-state index in [1.165, 1.54) is 24.2 Å². The van der Waals surface area contributed by atoms with Crippen LogP contribution in [-0.4, -0.2) is 6.54 Å². The van der Waals surface area contributed by atoms with E-state index < -0.39 is 0 Å². The molecule has 0 unspecified atom stereocenters. The summed E-state index contributed by atoms with van der Waals surface area (Å²) in [6.07, 6.45) is 3.71. The fourth-order valence-corrected chi connectivity index (χ4v) is 1.30. The normalized spacial score (nSPS) is 26.0. The fraction of sp³-hybridized carbons (Fsp3) is 0.667. The molecule has 2 aliphatic rings. The Labute approximate surface area is 48.5 Å². The van der Waals surface area contributed by atoms with Gasteiger partial charge in [0.05, 0.1) is 6.54 Å². The van der Waals surface area contributed by atoms with E-state index in [1.807, 2.05) is 0 Å². The summed E-state index contributed by atoms with van der Waals surface area (Å²) >= 11 is 0. The van der Waals surface area contributed by atoms with E-state index in [-0.39, 0.29) is 0 Å². The fourth-order valence-electron chi connectivity index (χ4n) is 1.30. The van der Waals surface area contributed by atoms with Crippen LogP contribution in [0, 0.1) is 0 Å². The van der Waals surface area contributed by atoms with E-state index in [0.717, 1.165) is 13.0 Å². The summed E-state index contributed by atoms with van der Waals surface area (Å²) in [6.45, 7) is 0.968. The molecule has 0 aromatic heterocycles. The Morgan fingerprint density at radius 3 is 3.25 bits per heavy atom. The smallest absolute Gasteiger partial charge is 0.124 e. The number of hydrogen-bond acceptors (Lipinski definition) is 2. The lowest BCUT2D eigenvalue weighted by Crippen LogP contribution is -2.07. The molecule has 1 heterocycles. The molecule has 0 bridgehead atoms. The van der Waals surface area contributed by atoms with Gasteiger partial charge in [-0.05, 0) is 18.4 Å². The molecule has 1 aliphatic carbocycles. The van der Waals surface area contributed by atoms with Gasteiger partial charge in [-0.1, -0.05) is 0 Å². The van der Waals surface area contributed by atoms with Crippen molar-refractivity contribution in [3.63, 3.8) is 0 Å². The molecule has 0 aromatic rings. The van der Waals surface area contributed by atoms with Crippen LogP contribution < -0.4 is 5.48 Å². The topological polar surface area (TPSA) is 21.3 Å². The van der Waals surface area contributed by atoms with Crippen molar-refractivity contribution in [2.24, 2.45) is 0 Å². The van der Waals surface area contributed by atoms with E-state index in [1.54, 1.807) is 0 Å². The Balaban J connectivity index is 2.23. The molecule has 2 rings (SSSR count). The third kappa shape index (κ3) is 0.464. The standard InChI is InChI=1S/C6H9NO/c1-2-5-4-7-8-6(5)3-1/h7H,1-4H2. The van der Waals surface area contributed by atoms with Crippen molar-refractivity contribution in [3.05, 3.63) is 11.3 Å². The van der Waals surface area contributed by atoms with Crippen molar-refractivity contribution in [2.75, 3.05) is 6.54 Å². The average molecular weight is 111 g/mol. The van der Waals surface area contributed by atoms with Crippen LogP contribution in [0.4, 0.5) is 0 Å². The number of hydroxylamine groups is 1. The minimum absolute atomic E-state index is 0.968. The van der Waals surface area contributed by atoms with Gasteiger partial charge < -0.3 is 4.84 Å². The van der Waals surface area contributed by atoms with Gasteiger partial charge in [0.1, 0.15) is 5.76 Å². The molecule has 0 atom stereocenters. The van der Waals surface area contributed by atoms with Crippen LogP contribution in [-0.2, 0) is 4.84 Å². The van der Waals surface area contributed by atoms with Crippen molar-refractivity contribution < 1.29 is 4.84 Å². The summed E-state index contributed by atoms with van der Waals surface area (Å²) in [4.78, 5) is 5.11. The molecular weight excluding hydrogens is 102 g/mol. The first-order chi connectivity index (χ1) is 3.97. The van der Waals surface area contributed by atoms with Gasteiger partial charge in [-0.25, -0.2) is 0 Å². The van der Waals surface area contributed by atoms with E-state index in [9.17, 15) is 0 Å². The molecule has 2 heteroatoms. The highest BCUT2D eigenvalue weighted by Gasteiger charge is 2.20. The lowest BCUT2D eigenvalue weighted by Gasteiger charge is -1.96. The van der Waals surface area contributed by atoms with E-state index in [0.29, 0.717) is 0 Å². The predicted octanol–water partition coefficient (Wildman–Crippen LogP) is 0.959. The zero-order valence-electron chi connectivity index (χ0n) is 4.74. The molecule has 8 heavy (non-hydrogen) atoms. The SMILES string of the molecule is C1CC2=C(C1)ONC2. The molecule has 0 radical (unpaired) electrons. The molecule has 0 aromatic carbocycles. The molecule has 0 saturated carbocycles. The van der Waals surface area contributed by atoms with Crippen molar-refractivity contribution in [1.82, 2.24) is 5.48 Å². The van der Waals surface area contributed by atoms with Crippen molar-refractivity contribution in [3.8, 4) is 0 Å². The van der Waals surface area contributed by atoms with Gasteiger partial charge in [-0.15, -0.1) is 0 Å². The van der Waals surface area contributed by atoms with Crippen LogP contribution in [0.15, 0.2) is 11.3 Å². The van der Waals surface area contributed by atoms with E-state index in [2.05, 4.69) is 5.48 Å². The maximum Gasteiger partial charge on any atom is 0.124 e. The van der Waals surface area contributed by atoms with Gasteiger partial charge >= 0.3 is 0 Å². The first-order valence-corrected chi connectivity index (χ1v) is 3.07. The van der Waals surface area contributed by atoms with Crippen LogP contribution in [0.3, 0.4) is 0 Å². The van der Waals surface area contributed by atoms with Gasteiger partial charge in [-0.2, -0.15) is 5.48 Å². The van der Waals surface area contributed by atoms with Crippen LogP contribution in [0.5, 0.6) is 0 Å². The van der Waals surface area contributed by atoms with E-state index >= 15 is 0 Å². The lowest BCUT2D eigenvalue weighted by molar-refractivity contribution is 0.132. The molecule has 2 nitrogen and oxygen atoms in total. The molecule has 0 spiro atoms.